The highest BCUT2D eigenvalue weighted by molar-refractivity contribution is 7.79. The highest BCUT2D eigenvalue weighted by atomic mass is 32.1. The van der Waals surface area contributed by atoms with Crippen LogP contribution in [0.5, 0.6) is 0 Å². The molecule has 1 rings (SSSR count). The van der Waals surface area contributed by atoms with Gasteiger partial charge < -0.3 is 15.5 Å². The molecular formula is C8H14N2O2S. The maximum absolute atomic E-state index is 10.4. The van der Waals surface area contributed by atoms with E-state index in [0.29, 0.717) is 0 Å². The van der Waals surface area contributed by atoms with E-state index in [1.807, 2.05) is 6.92 Å². The van der Waals surface area contributed by atoms with Crippen molar-refractivity contribution in [2.75, 3.05) is 6.26 Å². The van der Waals surface area contributed by atoms with E-state index in [4.69, 9.17) is 10.2 Å². The van der Waals surface area contributed by atoms with E-state index in [-0.39, 0.29) is 6.04 Å². The summed E-state index contributed by atoms with van der Waals surface area (Å²) in [6.07, 6.45) is 4.81. The second-order valence-corrected chi connectivity index (χ2v) is 2.29. The minimum atomic E-state index is -0.529. The first-order chi connectivity index (χ1) is 6.20. The van der Waals surface area contributed by atoms with Crippen molar-refractivity contribution in [2.45, 2.75) is 13.0 Å². The van der Waals surface area contributed by atoms with Crippen molar-refractivity contribution in [2.24, 2.45) is 5.73 Å². The molecule has 0 radical (unpaired) electrons. The first kappa shape index (κ1) is 11.9. The second kappa shape index (κ2) is 6.42. The molecule has 0 aliphatic carbocycles. The normalized spacial score (nSPS) is 11.0. The minimum absolute atomic E-state index is 0.0914. The van der Waals surface area contributed by atoms with Crippen molar-refractivity contribution >= 4 is 18.7 Å². The van der Waals surface area contributed by atoms with Crippen LogP contribution in [-0.4, -0.2) is 12.3 Å². The fourth-order valence-electron chi connectivity index (χ4n) is 0.818. The van der Waals surface area contributed by atoms with E-state index in [1.165, 1.54) is 0 Å². The zero-order chi connectivity index (χ0) is 10.3. The fourth-order valence-corrected chi connectivity index (χ4v) is 0.818. The Hall–Kier alpha value is -1.10. The number of thiol groups is 1. The van der Waals surface area contributed by atoms with E-state index in [9.17, 15) is 4.79 Å². The van der Waals surface area contributed by atoms with Gasteiger partial charge in [0.25, 0.3) is 0 Å². The van der Waals surface area contributed by atoms with Crippen molar-refractivity contribution < 1.29 is 9.21 Å². The predicted octanol–water partition coefficient (Wildman–Crippen LogP) is 1.55. The van der Waals surface area contributed by atoms with Crippen LogP contribution >= 0.6 is 12.6 Å². The van der Waals surface area contributed by atoms with Crippen LogP contribution in [0, 0.1) is 0 Å². The van der Waals surface area contributed by atoms with Gasteiger partial charge in [-0.25, -0.2) is 4.79 Å². The Balaban J connectivity index is 0.000000671. The summed E-state index contributed by atoms with van der Waals surface area (Å²) in [5.74, 6) is 0. The molecule has 13 heavy (non-hydrogen) atoms. The van der Waals surface area contributed by atoms with E-state index in [2.05, 4.69) is 17.9 Å². The summed E-state index contributed by atoms with van der Waals surface area (Å²) in [5, 5.41) is 2.52. The van der Waals surface area contributed by atoms with Crippen LogP contribution in [0.1, 0.15) is 18.5 Å². The number of hydrogen-bond acceptors (Lipinski definition) is 3. The van der Waals surface area contributed by atoms with Crippen LogP contribution in [0.2, 0.25) is 0 Å². The molecule has 1 unspecified atom stereocenters. The number of primary amides is 1. The molecule has 1 heterocycles. The standard InChI is InChI=1S/C7H10N2O2.CH4S/c1-5(9-7(8)10)6-2-3-11-4-6;1-2/h2-5H,1H3,(H3,8,9,10);2H,1H3. The molecule has 1 atom stereocenters. The summed E-state index contributed by atoms with van der Waals surface area (Å²) in [4.78, 5) is 10.4. The molecule has 0 aliphatic heterocycles. The fraction of sp³-hybridized carbons (Fsp3) is 0.375. The third-order valence-electron chi connectivity index (χ3n) is 1.40. The van der Waals surface area contributed by atoms with Gasteiger partial charge in [0.2, 0.25) is 0 Å². The Morgan fingerprint density at radius 1 is 1.69 bits per heavy atom. The average Bonchev–Trinajstić information content (AvgIpc) is 2.58. The first-order valence-corrected chi connectivity index (χ1v) is 4.62. The zero-order valence-electron chi connectivity index (χ0n) is 7.65. The SMILES string of the molecule is CC(NC(N)=O)c1ccoc1.CS. The number of nitrogens with one attached hydrogen (secondary N) is 1. The molecule has 5 heteroatoms. The smallest absolute Gasteiger partial charge is 0.312 e. The third-order valence-corrected chi connectivity index (χ3v) is 1.40. The van der Waals surface area contributed by atoms with Gasteiger partial charge in [-0.15, -0.1) is 0 Å². The van der Waals surface area contributed by atoms with E-state index < -0.39 is 6.03 Å². The zero-order valence-corrected chi connectivity index (χ0v) is 8.54. The predicted molar refractivity (Wildman–Crippen MR) is 54.8 cm³/mol. The number of amides is 2. The number of rotatable bonds is 2. The van der Waals surface area contributed by atoms with Gasteiger partial charge in [0.15, 0.2) is 0 Å². The Labute approximate surface area is 82.9 Å². The maximum Gasteiger partial charge on any atom is 0.312 e. The molecule has 0 saturated carbocycles. The summed E-state index contributed by atoms with van der Waals surface area (Å²) in [5.41, 5.74) is 5.83. The van der Waals surface area contributed by atoms with Crippen LogP contribution in [0.3, 0.4) is 0 Å². The van der Waals surface area contributed by atoms with Gasteiger partial charge in [-0.2, -0.15) is 12.6 Å². The molecule has 0 bridgehead atoms. The Morgan fingerprint density at radius 2 is 2.31 bits per heavy atom. The second-order valence-electron chi connectivity index (χ2n) is 2.29. The lowest BCUT2D eigenvalue weighted by Gasteiger charge is -2.08. The molecule has 4 nitrogen and oxygen atoms in total. The molecule has 0 aliphatic rings. The summed E-state index contributed by atoms with van der Waals surface area (Å²) < 4.78 is 4.83. The van der Waals surface area contributed by atoms with Gasteiger partial charge in [0.1, 0.15) is 0 Å². The van der Waals surface area contributed by atoms with E-state index >= 15 is 0 Å². The molecule has 0 saturated heterocycles. The molecule has 3 N–H and O–H groups in total. The lowest BCUT2D eigenvalue weighted by Crippen LogP contribution is -2.31. The van der Waals surface area contributed by atoms with Crippen LogP contribution in [0.15, 0.2) is 23.0 Å². The van der Waals surface area contributed by atoms with Crippen molar-refractivity contribution in [3.8, 4) is 0 Å². The van der Waals surface area contributed by atoms with Crippen molar-refractivity contribution in [3.05, 3.63) is 24.2 Å². The van der Waals surface area contributed by atoms with Crippen LogP contribution < -0.4 is 11.1 Å². The number of hydrogen-bond donors (Lipinski definition) is 3. The van der Waals surface area contributed by atoms with Crippen molar-refractivity contribution in [1.29, 1.82) is 0 Å². The Morgan fingerprint density at radius 3 is 2.69 bits per heavy atom. The minimum Gasteiger partial charge on any atom is -0.472 e. The molecule has 0 aromatic carbocycles. The molecule has 74 valence electrons. The van der Waals surface area contributed by atoms with Crippen molar-refractivity contribution in [3.63, 3.8) is 0 Å². The van der Waals surface area contributed by atoms with Gasteiger partial charge in [0.05, 0.1) is 18.6 Å². The molecular weight excluding hydrogens is 188 g/mol. The number of carbonyl (C=O) groups is 1. The number of carbonyl (C=O) groups excluding carboxylic acids is 1. The van der Waals surface area contributed by atoms with Crippen molar-refractivity contribution in [1.82, 2.24) is 5.32 Å². The maximum atomic E-state index is 10.4. The highest BCUT2D eigenvalue weighted by Crippen LogP contribution is 2.11. The number of urea groups is 1. The van der Waals surface area contributed by atoms with E-state index in [0.717, 1.165) is 5.56 Å². The Kier molecular flexibility index (Phi) is 5.88. The third kappa shape index (κ3) is 4.47. The number of furan rings is 1. The van der Waals surface area contributed by atoms with Gasteiger partial charge >= 0.3 is 6.03 Å². The Bertz CT molecular complexity index is 236. The monoisotopic (exact) mass is 202 g/mol. The average molecular weight is 202 g/mol. The number of nitrogens with two attached hydrogens (primary N) is 1. The molecule has 1 aromatic heterocycles. The van der Waals surface area contributed by atoms with Gasteiger partial charge in [0, 0.05) is 5.56 Å². The molecule has 0 fully saturated rings. The highest BCUT2D eigenvalue weighted by Gasteiger charge is 2.06. The van der Waals surface area contributed by atoms with Gasteiger partial charge in [-0.05, 0) is 19.2 Å². The van der Waals surface area contributed by atoms with Crippen LogP contribution in [-0.2, 0) is 0 Å². The van der Waals surface area contributed by atoms with Gasteiger partial charge in [-0.1, -0.05) is 0 Å². The summed E-state index contributed by atoms with van der Waals surface area (Å²) >= 11 is 3.53. The molecule has 2 amide bonds. The summed E-state index contributed by atoms with van der Waals surface area (Å²) in [6.45, 7) is 1.83. The lowest BCUT2D eigenvalue weighted by molar-refractivity contribution is 0.246. The lowest BCUT2D eigenvalue weighted by atomic mass is 10.2. The molecule has 0 spiro atoms. The van der Waals surface area contributed by atoms with Crippen LogP contribution in [0.4, 0.5) is 4.79 Å². The quantitative estimate of drug-likeness (QED) is 0.637. The van der Waals surface area contributed by atoms with E-state index in [1.54, 1.807) is 24.8 Å². The van der Waals surface area contributed by atoms with Crippen LogP contribution in [0.25, 0.3) is 0 Å². The summed E-state index contributed by atoms with van der Waals surface area (Å²) in [7, 11) is 0. The van der Waals surface area contributed by atoms with Gasteiger partial charge in [-0.3, -0.25) is 0 Å². The summed E-state index contributed by atoms with van der Waals surface area (Å²) in [6, 6.07) is 1.16. The molecule has 1 aromatic rings. The first-order valence-electron chi connectivity index (χ1n) is 3.73. The topological polar surface area (TPSA) is 68.3 Å². The largest absolute Gasteiger partial charge is 0.472 e.